The van der Waals surface area contributed by atoms with Crippen LogP contribution in [0.3, 0.4) is 0 Å². The lowest BCUT2D eigenvalue weighted by molar-refractivity contribution is -0.141. The summed E-state index contributed by atoms with van der Waals surface area (Å²) in [6.07, 6.45) is 2.36. The minimum Gasteiger partial charge on any atom is -0.481 e. The van der Waals surface area contributed by atoms with Crippen LogP contribution >= 0.6 is 0 Å². The molecule has 102 valence electrons. The van der Waals surface area contributed by atoms with Crippen molar-refractivity contribution < 1.29 is 14.7 Å². The number of aryl methyl sites for hydroxylation is 1. The molecule has 2 rings (SSSR count). The molecule has 19 heavy (non-hydrogen) atoms. The minimum absolute atomic E-state index is 0.0977. The van der Waals surface area contributed by atoms with Crippen LogP contribution in [0.15, 0.2) is 29.2 Å². The monoisotopic (exact) mass is 264 g/mol. The molecule has 2 heterocycles. The molecule has 0 radical (unpaired) electrons. The Hall–Kier alpha value is -2.11. The van der Waals surface area contributed by atoms with Gasteiger partial charge in [0.2, 0.25) is 5.91 Å². The van der Waals surface area contributed by atoms with Crippen LogP contribution in [-0.4, -0.2) is 39.5 Å². The Labute approximate surface area is 110 Å². The molecule has 0 aromatic carbocycles. The fourth-order valence-electron chi connectivity index (χ4n) is 2.21. The summed E-state index contributed by atoms with van der Waals surface area (Å²) in [6, 6.07) is 4.83. The summed E-state index contributed by atoms with van der Waals surface area (Å²) in [7, 11) is 0. The number of aromatic nitrogens is 1. The van der Waals surface area contributed by atoms with E-state index in [1.165, 1.54) is 10.6 Å². The van der Waals surface area contributed by atoms with Crippen molar-refractivity contribution in [1.29, 1.82) is 0 Å². The van der Waals surface area contributed by atoms with Gasteiger partial charge in [-0.05, 0) is 12.5 Å². The van der Waals surface area contributed by atoms with Crippen LogP contribution in [0.1, 0.15) is 12.8 Å². The van der Waals surface area contributed by atoms with Gasteiger partial charge in [-0.1, -0.05) is 6.07 Å². The Balaban J connectivity index is 1.88. The molecule has 1 N–H and O–H groups in total. The molecule has 0 saturated carbocycles. The van der Waals surface area contributed by atoms with Gasteiger partial charge in [0.1, 0.15) is 0 Å². The number of amides is 1. The highest BCUT2D eigenvalue weighted by Crippen LogP contribution is 2.17. The maximum Gasteiger partial charge on any atom is 0.308 e. The first kappa shape index (κ1) is 13.3. The van der Waals surface area contributed by atoms with Crippen LogP contribution in [0, 0.1) is 5.92 Å². The fourth-order valence-corrected chi connectivity index (χ4v) is 2.21. The molecule has 1 aliphatic heterocycles. The normalized spacial score (nSPS) is 18.5. The lowest BCUT2D eigenvalue weighted by atomic mass is 10.1. The van der Waals surface area contributed by atoms with Crippen molar-refractivity contribution in [2.24, 2.45) is 5.92 Å². The highest BCUT2D eigenvalue weighted by atomic mass is 16.4. The van der Waals surface area contributed by atoms with Gasteiger partial charge in [-0.2, -0.15) is 0 Å². The van der Waals surface area contributed by atoms with Gasteiger partial charge in [-0.15, -0.1) is 0 Å². The van der Waals surface area contributed by atoms with Crippen molar-refractivity contribution >= 4 is 11.9 Å². The van der Waals surface area contributed by atoms with E-state index in [1.54, 1.807) is 23.2 Å². The zero-order valence-corrected chi connectivity index (χ0v) is 10.5. The van der Waals surface area contributed by atoms with Crippen LogP contribution in [0.2, 0.25) is 0 Å². The molecule has 1 aromatic heterocycles. The predicted octanol–water partition coefficient (Wildman–Crippen LogP) is 0.171. The van der Waals surface area contributed by atoms with Gasteiger partial charge in [0, 0.05) is 38.3 Å². The summed E-state index contributed by atoms with van der Waals surface area (Å²) in [6.45, 7) is 1.09. The first-order valence-corrected chi connectivity index (χ1v) is 6.24. The molecule has 6 nitrogen and oxygen atoms in total. The Bertz CT molecular complexity index is 537. The maximum atomic E-state index is 11.9. The molecular weight excluding hydrogens is 248 g/mol. The number of hydrogen-bond donors (Lipinski definition) is 1. The first-order valence-electron chi connectivity index (χ1n) is 6.24. The zero-order chi connectivity index (χ0) is 13.8. The number of carbonyl (C=O) groups is 2. The largest absolute Gasteiger partial charge is 0.481 e. The second-order valence-corrected chi connectivity index (χ2v) is 4.65. The van der Waals surface area contributed by atoms with E-state index in [2.05, 4.69) is 0 Å². The lowest BCUT2D eigenvalue weighted by Gasteiger charge is -2.16. The molecular formula is C13H16N2O4. The van der Waals surface area contributed by atoms with Gasteiger partial charge in [0.05, 0.1) is 5.92 Å². The van der Waals surface area contributed by atoms with Gasteiger partial charge >= 0.3 is 5.97 Å². The number of carbonyl (C=O) groups excluding carboxylic acids is 1. The average Bonchev–Trinajstić information content (AvgIpc) is 2.87. The molecule has 1 fully saturated rings. The smallest absolute Gasteiger partial charge is 0.308 e. The van der Waals surface area contributed by atoms with E-state index in [1.807, 2.05) is 0 Å². The van der Waals surface area contributed by atoms with Crippen molar-refractivity contribution in [3.63, 3.8) is 0 Å². The summed E-state index contributed by atoms with van der Waals surface area (Å²) in [5.41, 5.74) is -0.139. The quantitative estimate of drug-likeness (QED) is 0.840. The highest BCUT2D eigenvalue weighted by molar-refractivity contribution is 5.78. The summed E-state index contributed by atoms with van der Waals surface area (Å²) in [5, 5.41) is 8.87. The molecule has 0 aliphatic carbocycles. The van der Waals surface area contributed by atoms with E-state index in [4.69, 9.17) is 5.11 Å². The third-order valence-corrected chi connectivity index (χ3v) is 3.36. The standard InChI is InChI=1S/C13H16N2O4/c16-11-3-1-2-6-14(11)8-5-12(17)15-7-4-10(9-15)13(18)19/h1-3,6,10H,4-5,7-9H2,(H,18,19). The zero-order valence-electron chi connectivity index (χ0n) is 10.5. The third kappa shape index (κ3) is 3.21. The molecule has 0 bridgehead atoms. The number of hydrogen-bond acceptors (Lipinski definition) is 3. The van der Waals surface area contributed by atoms with Gasteiger partial charge in [0.25, 0.3) is 5.56 Å². The van der Waals surface area contributed by atoms with E-state index in [-0.39, 0.29) is 24.4 Å². The number of aliphatic carboxylic acids is 1. The molecule has 1 aliphatic rings. The fraction of sp³-hybridized carbons (Fsp3) is 0.462. The second kappa shape index (κ2) is 5.69. The van der Waals surface area contributed by atoms with Gasteiger partial charge in [0.15, 0.2) is 0 Å². The summed E-state index contributed by atoms with van der Waals surface area (Å²) >= 11 is 0. The van der Waals surface area contributed by atoms with Gasteiger partial charge < -0.3 is 14.6 Å². The number of rotatable bonds is 4. The lowest BCUT2D eigenvalue weighted by Crippen LogP contribution is -2.31. The molecule has 1 aromatic rings. The van der Waals surface area contributed by atoms with Crippen molar-refractivity contribution in [3.8, 4) is 0 Å². The molecule has 0 spiro atoms. The Morgan fingerprint density at radius 2 is 2.16 bits per heavy atom. The van der Waals surface area contributed by atoms with Crippen LogP contribution in [0.4, 0.5) is 0 Å². The molecule has 1 amide bonds. The van der Waals surface area contributed by atoms with Gasteiger partial charge in [-0.25, -0.2) is 0 Å². The summed E-state index contributed by atoms with van der Waals surface area (Å²) in [5.74, 6) is -1.41. The molecule has 1 unspecified atom stereocenters. The molecule has 1 saturated heterocycles. The average molecular weight is 264 g/mol. The van der Waals surface area contributed by atoms with Crippen LogP contribution in [-0.2, 0) is 16.1 Å². The number of nitrogens with zero attached hydrogens (tertiary/aromatic N) is 2. The maximum absolute atomic E-state index is 11.9. The van der Waals surface area contributed by atoms with E-state index in [0.717, 1.165) is 0 Å². The topological polar surface area (TPSA) is 79.6 Å². The SMILES string of the molecule is O=C(O)C1CCN(C(=O)CCn2ccccc2=O)C1. The van der Waals surface area contributed by atoms with Gasteiger partial charge in [-0.3, -0.25) is 14.4 Å². The Morgan fingerprint density at radius 1 is 1.37 bits per heavy atom. The summed E-state index contributed by atoms with van der Waals surface area (Å²) in [4.78, 5) is 35.7. The predicted molar refractivity (Wildman–Crippen MR) is 67.6 cm³/mol. The van der Waals surface area contributed by atoms with Crippen LogP contribution in [0.5, 0.6) is 0 Å². The van der Waals surface area contributed by atoms with E-state index < -0.39 is 11.9 Å². The van der Waals surface area contributed by atoms with E-state index in [9.17, 15) is 14.4 Å². The minimum atomic E-state index is -0.852. The third-order valence-electron chi connectivity index (χ3n) is 3.36. The molecule has 1 atom stereocenters. The Kier molecular flexibility index (Phi) is 3.99. The summed E-state index contributed by atoms with van der Waals surface area (Å²) < 4.78 is 1.47. The van der Waals surface area contributed by atoms with Crippen molar-refractivity contribution in [2.45, 2.75) is 19.4 Å². The van der Waals surface area contributed by atoms with Crippen LogP contribution < -0.4 is 5.56 Å². The first-order chi connectivity index (χ1) is 9.08. The second-order valence-electron chi connectivity index (χ2n) is 4.65. The van der Waals surface area contributed by atoms with Crippen molar-refractivity contribution in [1.82, 2.24) is 9.47 Å². The van der Waals surface area contributed by atoms with E-state index >= 15 is 0 Å². The van der Waals surface area contributed by atoms with Crippen LogP contribution in [0.25, 0.3) is 0 Å². The van der Waals surface area contributed by atoms with Crippen molar-refractivity contribution in [2.75, 3.05) is 13.1 Å². The number of likely N-dealkylation sites (tertiary alicyclic amines) is 1. The van der Waals surface area contributed by atoms with Crippen molar-refractivity contribution in [3.05, 3.63) is 34.7 Å². The number of carboxylic acid groups (broad SMARTS) is 1. The number of carboxylic acids is 1. The number of pyridine rings is 1. The highest BCUT2D eigenvalue weighted by Gasteiger charge is 2.30. The molecule has 6 heteroatoms. The van der Waals surface area contributed by atoms with E-state index in [0.29, 0.717) is 19.5 Å². The Morgan fingerprint density at radius 3 is 2.79 bits per heavy atom.